The van der Waals surface area contributed by atoms with E-state index in [2.05, 4.69) is 32.1 Å². The number of nitrogens with zero attached hydrogens (tertiary/aromatic N) is 4. The van der Waals surface area contributed by atoms with E-state index in [1.54, 1.807) is 17.4 Å². The van der Waals surface area contributed by atoms with Crippen LogP contribution in [0.2, 0.25) is 0 Å². The SMILES string of the molecule is C=CCn1c(CSc2nc3sc4c(c3c(=O)[nH]2)CCC4)nnc1SCC(=O)NCCO. The lowest BCUT2D eigenvalue weighted by atomic mass is 10.2. The Hall–Kier alpha value is -2.15. The van der Waals surface area contributed by atoms with Gasteiger partial charge in [-0.1, -0.05) is 29.6 Å². The van der Waals surface area contributed by atoms with E-state index in [4.69, 9.17) is 5.11 Å². The van der Waals surface area contributed by atoms with Crippen LogP contribution in [0.5, 0.6) is 0 Å². The fourth-order valence-corrected chi connectivity index (χ4v) is 6.32. The zero-order valence-electron chi connectivity index (χ0n) is 16.7. The van der Waals surface area contributed by atoms with Gasteiger partial charge >= 0.3 is 0 Å². The van der Waals surface area contributed by atoms with E-state index in [0.717, 1.165) is 29.5 Å². The average Bonchev–Trinajstić information content (AvgIpc) is 3.44. The molecular formula is C19H22N6O3S3. The minimum Gasteiger partial charge on any atom is -0.395 e. The number of aromatic amines is 1. The lowest BCUT2D eigenvalue weighted by Gasteiger charge is -2.07. The number of thiophene rings is 1. The third kappa shape index (κ3) is 4.86. The van der Waals surface area contributed by atoms with Crippen LogP contribution in [0.25, 0.3) is 10.2 Å². The predicted molar refractivity (Wildman–Crippen MR) is 123 cm³/mol. The normalized spacial score (nSPS) is 12.9. The van der Waals surface area contributed by atoms with Crippen molar-refractivity contribution in [2.45, 2.75) is 41.9 Å². The van der Waals surface area contributed by atoms with Crippen LogP contribution in [0.15, 0.2) is 27.8 Å². The van der Waals surface area contributed by atoms with Gasteiger partial charge in [-0.3, -0.25) is 9.59 Å². The highest BCUT2D eigenvalue weighted by molar-refractivity contribution is 7.99. The van der Waals surface area contributed by atoms with E-state index in [0.29, 0.717) is 28.4 Å². The Morgan fingerprint density at radius 2 is 2.23 bits per heavy atom. The van der Waals surface area contributed by atoms with Crippen LogP contribution in [-0.2, 0) is 29.9 Å². The molecule has 0 saturated heterocycles. The monoisotopic (exact) mass is 478 g/mol. The van der Waals surface area contributed by atoms with Gasteiger partial charge in [0.15, 0.2) is 10.3 Å². The molecule has 164 valence electrons. The average molecular weight is 479 g/mol. The van der Waals surface area contributed by atoms with E-state index in [1.807, 2.05) is 4.57 Å². The molecule has 31 heavy (non-hydrogen) atoms. The molecule has 4 rings (SSSR count). The summed E-state index contributed by atoms with van der Waals surface area (Å²) >= 11 is 4.29. The fourth-order valence-electron chi connectivity index (χ4n) is 3.41. The molecule has 0 fully saturated rings. The van der Waals surface area contributed by atoms with Gasteiger partial charge in [-0.05, 0) is 24.8 Å². The summed E-state index contributed by atoms with van der Waals surface area (Å²) < 4.78 is 1.89. The van der Waals surface area contributed by atoms with Crippen LogP contribution in [0.1, 0.15) is 22.7 Å². The Morgan fingerprint density at radius 1 is 1.35 bits per heavy atom. The smallest absolute Gasteiger partial charge is 0.260 e. The fraction of sp³-hybridized carbons (Fsp3) is 0.421. The van der Waals surface area contributed by atoms with E-state index < -0.39 is 0 Å². The first-order valence-corrected chi connectivity index (χ1v) is 12.6. The van der Waals surface area contributed by atoms with Gasteiger partial charge in [0.05, 0.1) is 23.5 Å². The predicted octanol–water partition coefficient (Wildman–Crippen LogP) is 1.74. The number of aliphatic hydroxyl groups is 1. The van der Waals surface area contributed by atoms with E-state index in [-0.39, 0.29) is 30.4 Å². The molecule has 1 aliphatic carbocycles. The summed E-state index contributed by atoms with van der Waals surface area (Å²) in [4.78, 5) is 34.0. The number of carbonyl (C=O) groups is 1. The molecule has 1 aliphatic rings. The number of carbonyl (C=O) groups excluding carboxylic acids is 1. The largest absolute Gasteiger partial charge is 0.395 e. The van der Waals surface area contributed by atoms with Gasteiger partial charge in [0, 0.05) is 18.0 Å². The van der Waals surface area contributed by atoms with Gasteiger partial charge in [0.1, 0.15) is 10.7 Å². The van der Waals surface area contributed by atoms with E-state index in [9.17, 15) is 9.59 Å². The topological polar surface area (TPSA) is 126 Å². The highest BCUT2D eigenvalue weighted by Gasteiger charge is 2.21. The second kappa shape index (κ2) is 9.98. The Bertz CT molecular complexity index is 1170. The summed E-state index contributed by atoms with van der Waals surface area (Å²) in [5, 5.41) is 21.8. The maximum atomic E-state index is 12.6. The zero-order valence-corrected chi connectivity index (χ0v) is 19.2. The number of hydrogen-bond donors (Lipinski definition) is 3. The number of nitrogens with one attached hydrogen (secondary N) is 2. The van der Waals surface area contributed by atoms with Crippen molar-refractivity contribution >= 4 is 51.0 Å². The standard InChI is InChI=1S/C19H22N6O3S3/c1-2-7-25-13(23-24-19(25)30-10-14(27)20-6-8-26)9-29-18-21-16(28)15-11-4-3-5-12(11)31-17(15)22-18/h2,26H,1,3-10H2,(H,20,27)(H,21,22,28). The number of hydrogen-bond acceptors (Lipinski definition) is 9. The summed E-state index contributed by atoms with van der Waals surface area (Å²) in [6.45, 7) is 4.42. The Morgan fingerprint density at radius 3 is 3.03 bits per heavy atom. The van der Waals surface area contributed by atoms with Crippen LogP contribution in [0, 0.1) is 0 Å². The van der Waals surface area contributed by atoms with Gasteiger partial charge in [-0.25, -0.2) is 4.98 Å². The first kappa shape index (κ1) is 22.1. The number of aromatic nitrogens is 5. The van der Waals surface area contributed by atoms with Crippen LogP contribution in [-0.4, -0.2) is 54.7 Å². The summed E-state index contributed by atoms with van der Waals surface area (Å²) in [5.74, 6) is 1.18. The molecule has 0 spiro atoms. The number of H-pyrrole nitrogens is 1. The Balaban J connectivity index is 1.47. The highest BCUT2D eigenvalue weighted by Crippen LogP contribution is 2.35. The van der Waals surface area contributed by atoms with Gasteiger partial charge in [-0.15, -0.1) is 28.1 Å². The van der Waals surface area contributed by atoms with Crippen molar-refractivity contribution in [1.82, 2.24) is 30.0 Å². The van der Waals surface area contributed by atoms with Crippen molar-refractivity contribution in [3.63, 3.8) is 0 Å². The molecule has 0 radical (unpaired) electrons. The van der Waals surface area contributed by atoms with Crippen molar-refractivity contribution in [3.05, 3.63) is 39.3 Å². The lowest BCUT2D eigenvalue weighted by molar-refractivity contribution is -0.118. The molecule has 3 aromatic heterocycles. The molecule has 0 unspecified atom stereocenters. The summed E-state index contributed by atoms with van der Waals surface area (Å²) in [6, 6.07) is 0. The zero-order chi connectivity index (χ0) is 21.8. The van der Waals surface area contributed by atoms with Crippen LogP contribution < -0.4 is 10.9 Å². The number of rotatable bonds is 10. The molecule has 0 bridgehead atoms. The summed E-state index contributed by atoms with van der Waals surface area (Å²) in [7, 11) is 0. The van der Waals surface area contributed by atoms with Crippen molar-refractivity contribution in [1.29, 1.82) is 0 Å². The summed E-state index contributed by atoms with van der Waals surface area (Å²) in [5.41, 5.74) is 1.09. The molecule has 12 heteroatoms. The van der Waals surface area contributed by atoms with E-state index >= 15 is 0 Å². The first-order chi connectivity index (χ1) is 15.1. The molecule has 1 amide bonds. The first-order valence-electron chi connectivity index (χ1n) is 9.81. The Kier molecular flexibility index (Phi) is 7.10. The Labute approximate surface area is 190 Å². The molecule has 3 aromatic rings. The van der Waals surface area contributed by atoms with Crippen molar-refractivity contribution < 1.29 is 9.90 Å². The number of aryl methyl sites for hydroxylation is 2. The number of fused-ring (bicyclic) bond motifs is 3. The maximum absolute atomic E-state index is 12.6. The molecule has 3 heterocycles. The van der Waals surface area contributed by atoms with Gasteiger partial charge < -0.3 is 20.0 Å². The lowest BCUT2D eigenvalue weighted by Crippen LogP contribution is -2.28. The molecule has 0 aliphatic heterocycles. The highest BCUT2D eigenvalue weighted by atomic mass is 32.2. The third-order valence-electron chi connectivity index (χ3n) is 4.76. The minimum absolute atomic E-state index is 0.0791. The second-order valence-electron chi connectivity index (χ2n) is 6.86. The maximum Gasteiger partial charge on any atom is 0.260 e. The van der Waals surface area contributed by atoms with Crippen molar-refractivity contribution in [3.8, 4) is 0 Å². The molecule has 0 saturated carbocycles. The van der Waals surface area contributed by atoms with Gasteiger partial charge in [0.2, 0.25) is 5.91 Å². The number of amides is 1. The molecule has 9 nitrogen and oxygen atoms in total. The van der Waals surface area contributed by atoms with Crippen LogP contribution in [0.3, 0.4) is 0 Å². The molecule has 0 atom stereocenters. The quantitative estimate of drug-likeness (QED) is 0.229. The van der Waals surface area contributed by atoms with Crippen LogP contribution in [0.4, 0.5) is 0 Å². The van der Waals surface area contributed by atoms with E-state index in [1.165, 1.54) is 34.0 Å². The second-order valence-corrected chi connectivity index (χ2v) is 9.85. The number of allylic oxidation sites excluding steroid dienone is 1. The van der Waals surface area contributed by atoms with Crippen LogP contribution >= 0.6 is 34.9 Å². The molecule has 0 aromatic carbocycles. The molecular weight excluding hydrogens is 456 g/mol. The van der Waals surface area contributed by atoms with Gasteiger partial charge in [-0.2, -0.15) is 0 Å². The number of aliphatic hydroxyl groups excluding tert-OH is 1. The summed E-state index contributed by atoms with van der Waals surface area (Å²) in [6.07, 6.45) is 4.83. The minimum atomic E-state index is -0.180. The molecule has 3 N–H and O–H groups in total. The third-order valence-corrected chi connectivity index (χ3v) is 7.78. The van der Waals surface area contributed by atoms with Crippen molar-refractivity contribution in [2.24, 2.45) is 0 Å². The van der Waals surface area contributed by atoms with Gasteiger partial charge in [0.25, 0.3) is 5.56 Å². The van der Waals surface area contributed by atoms with Crippen molar-refractivity contribution in [2.75, 3.05) is 18.9 Å². The number of thioether (sulfide) groups is 2.